The summed E-state index contributed by atoms with van der Waals surface area (Å²) in [6, 6.07) is 13.2. The minimum absolute atomic E-state index is 0.263. The van der Waals surface area contributed by atoms with Crippen LogP contribution in [0, 0.1) is 0 Å². The summed E-state index contributed by atoms with van der Waals surface area (Å²) in [5.74, 6) is 0.823. The molecule has 2 rings (SSSR count). The fraction of sp³-hybridized carbons (Fsp3) is 0.200. The molecule has 100 valence electrons. The van der Waals surface area contributed by atoms with Crippen LogP contribution in [0.25, 0.3) is 0 Å². The Balaban J connectivity index is 2.32. The van der Waals surface area contributed by atoms with Crippen molar-refractivity contribution in [2.45, 2.75) is 13.0 Å². The Labute approximate surface area is 126 Å². The van der Waals surface area contributed by atoms with E-state index in [1.165, 1.54) is 0 Å². The second-order valence-corrected chi connectivity index (χ2v) is 5.47. The van der Waals surface area contributed by atoms with Gasteiger partial charge in [-0.2, -0.15) is 0 Å². The van der Waals surface area contributed by atoms with Crippen molar-refractivity contribution in [3.63, 3.8) is 0 Å². The third-order valence-corrected chi connectivity index (χ3v) is 3.65. The highest BCUT2D eigenvalue weighted by Crippen LogP contribution is 2.30. The summed E-state index contributed by atoms with van der Waals surface area (Å²) in [6.07, 6.45) is 0. The maximum Gasteiger partial charge on any atom is 0.119 e. The molecule has 0 amide bonds. The first-order valence-corrected chi connectivity index (χ1v) is 7.22. The predicted molar refractivity (Wildman–Crippen MR) is 82.8 cm³/mol. The normalized spacial score (nSPS) is 12.2. The van der Waals surface area contributed by atoms with Gasteiger partial charge in [-0.1, -0.05) is 45.7 Å². The summed E-state index contributed by atoms with van der Waals surface area (Å²) in [4.78, 5) is 0. The minimum atomic E-state index is -0.263. The zero-order valence-corrected chi connectivity index (χ0v) is 12.9. The fourth-order valence-electron chi connectivity index (χ4n) is 1.90. The Morgan fingerprint density at radius 3 is 2.74 bits per heavy atom. The van der Waals surface area contributed by atoms with Gasteiger partial charge in [0.1, 0.15) is 5.75 Å². The molecule has 19 heavy (non-hydrogen) atoms. The number of ether oxygens (including phenoxy) is 1. The van der Waals surface area contributed by atoms with Crippen LogP contribution in [0.5, 0.6) is 5.75 Å². The smallest absolute Gasteiger partial charge is 0.119 e. The zero-order chi connectivity index (χ0) is 13.8. The number of nitrogens with two attached hydrogens (primary N) is 1. The highest BCUT2D eigenvalue weighted by molar-refractivity contribution is 9.10. The first-order valence-electron chi connectivity index (χ1n) is 6.05. The van der Waals surface area contributed by atoms with Gasteiger partial charge in [0.25, 0.3) is 0 Å². The average Bonchev–Trinajstić information content (AvgIpc) is 2.39. The molecule has 0 heterocycles. The van der Waals surface area contributed by atoms with Gasteiger partial charge in [-0.15, -0.1) is 0 Å². The number of rotatable bonds is 4. The van der Waals surface area contributed by atoms with Crippen LogP contribution in [0.4, 0.5) is 0 Å². The Hall–Kier alpha value is -1.03. The standard InChI is InChI=1S/C15H15BrClNO/c1-2-19-12-5-3-4-10(8-12)15(18)13-7-6-11(16)9-14(13)17/h3-9,15H,2,18H2,1H3. The number of hydrogen-bond donors (Lipinski definition) is 1. The molecule has 4 heteroatoms. The van der Waals surface area contributed by atoms with Gasteiger partial charge in [0.2, 0.25) is 0 Å². The topological polar surface area (TPSA) is 35.2 Å². The number of halogens is 2. The van der Waals surface area contributed by atoms with E-state index in [2.05, 4.69) is 15.9 Å². The lowest BCUT2D eigenvalue weighted by atomic mass is 9.99. The molecule has 0 fully saturated rings. The molecule has 1 unspecified atom stereocenters. The molecular weight excluding hydrogens is 326 g/mol. The minimum Gasteiger partial charge on any atom is -0.494 e. The van der Waals surface area contributed by atoms with Gasteiger partial charge in [0.15, 0.2) is 0 Å². The predicted octanol–water partition coefficient (Wildman–Crippen LogP) is 4.55. The lowest BCUT2D eigenvalue weighted by Gasteiger charge is -2.15. The summed E-state index contributed by atoms with van der Waals surface area (Å²) < 4.78 is 6.43. The van der Waals surface area contributed by atoms with Crippen LogP contribution in [0.2, 0.25) is 5.02 Å². The maximum atomic E-state index is 6.28. The van der Waals surface area contributed by atoms with E-state index in [9.17, 15) is 0 Å². The molecule has 2 nitrogen and oxygen atoms in total. The van der Waals surface area contributed by atoms with Crippen LogP contribution in [0.1, 0.15) is 24.1 Å². The van der Waals surface area contributed by atoms with E-state index >= 15 is 0 Å². The molecule has 0 aromatic heterocycles. The highest BCUT2D eigenvalue weighted by atomic mass is 79.9. The Morgan fingerprint density at radius 2 is 2.05 bits per heavy atom. The molecule has 0 saturated heterocycles. The van der Waals surface area contributed by atoms with Gasteiger partial charge in [0.05, 0.1) is 12.6 Å². The SMILES string of the molecule is CCOc1cccc(C(N)c2ccc(Br)cc2Cl)c1. The Bertz CT molecular complexity index is 574. The third-order valence-electron chi connectivity index (χ3n) is 2.83. The summed E-state index contributed by atoms with van der Waals surface area (Å²) in [5, 5.41) is 0.656. The van der Waals surface area contributed by atoms with Crippen LogP contribution in [0.3, 0.4) is 0 Å². The molecule has 0 aliphatic rings. The van der Waals surface area contributed by atoms with Crippen LogP contribution in [-0.4, -0.2) is 6.61 Å². The van der Waals surface area contributed by atoms with Crippen LogP contribution < -0.4 is 10.5 Å². The van der Waals surface area contributed by atoms with Crippen molar-refractivity contribution in [1.82, 2.24) is 0 Å². The van der Waals surface area contributed by atoms with Gasteiger partial charge < -0.3 is 10.5 Å². The summed E-state index contributed by atoms with van der Waals surface area (Å²) >= 11 is 9.62. The first-order chi connectivity index (χ1) is 9.11. The molecule has 2 aromatic rings. The van der Waals surface area contributed by atoms with E-state index < -0.39 is 0 Å². The molecule has 2 aromatic carbocycles. The van der Waals surface area contributed by atoms with Gasteiger partial charge in [-0.25, -0.2) is 0 Å². The Kier molecular flexibility index (Phi) is 4.86. The second kappa shape index (κ2) is 6.42. The van der Waals surface area contributed by atoms with Gasteiger partial charge in [-0.3, -0.25) is 0 Å². The summed E-state index contributed by atoms with van der Waals surface area (Å²) in [6.45, 7) is 2.59. The lowest BCUT2D eigenvalue weighted by Crippen LogP contribution is -2.12. The summed E-state index contributed by atoms with van der Waals surface area (Å²) in [5.41, 5.74) is 8.16. The van der Waals surface area contributed by atoms with Crippen LogP contribution in [-0.2, 0) is 0 Å². The molecule has 0 spiro atoms. The van der Waals surface area contributed by atoms with E-state index in [0.29, 0.717) is 11.6 Å². The van der Waals surface area contributed by atoms with Gasteiger partial charge in [-0.05, 0) is 42.3 Å². The van der Waals surface area contributed by atoms with E-state index in [-0.39, 0.29) is 6.04 Å². The fourth-order valence-corrected chi connectivity index (χ4v) is 2.69. The maximum absolute atomic E-state index is 6.28. The molecule has 1 atom stereocenters. The molecule has 0 saturated carbocycles. The average molecular weight is 341 g/mol. The zero-order valence-electron chi connectivity index (χ0n) is 10.6. The number of hydrogen-bond acceptors (Lipinski definition) is 2. The first kappa shape index (κ1) is 14.4. The van der Waals surface area contributed by atoms with Gasteiger partial charge in [0, 0.05) is 9.50 Å². The van der Waals surface area contributed by atoms with E-state index in [0.717, 1.165) is 21.3 Å². The van der Waals surface area contributed by atoms with Crippen LogP contribution in [0.15, 0.2) is 46.9 Å². The molecule has 0 aliphatic carbocycles. The number of benzene rings is 2. The third kappa shape index (κ3) is 3.50. The highest BCUT2D eigenvalue weighted by Gasteiger charge is 2.13. The lowest BCUT2D eigenvalue weighted by molar-refractivity contribution is 0.340. The molecular formula is C15H15BrClNO. The van der Waals surface area contributed by atoms with E-state index in [1.54, 1.807) is 0 Å². The second-order valence-electron chi connectivity index (χ2n) is 4.15. The van der Waals surface area contributed by atoms with Crippen molar-refractivity contribution in [3.05, 3.63) is 63.1 Å². The quantitative estimate of drug-likeness (QED) is 0.886. The summed E-state index contributed by atoms with van der Waals surface area (Å²) in [7, 11) is 0. The molecule has 0 aliphatic heterocycles. The van der Waals surface area contributed by atoms with E-state index in [4.69, 9.17) is 22.1 Å². The van der Waals surface area contributed by atoms with Crippen molar-refractivity contribution < 1.29 is 4.74 Å². The molecule has 0 radical (unpaired) electrons. The van der Waals surface area contributed by atoms with Crippen molar-refractivity contribution in [1.29, 1.82) is 0 Å². The van der Waals surface area contributed by atoms with E-state index in [1.807, 2.05) is 49.4 Å². The molecule has 0 bridgehead atoms. The van der Waals surface area contributed by atoms with Crippen molar-refractivity contribution in [2.24, 2.45) is 5.73 Å². The Morgan fingerprint density at radius 1 is 1.26 bits per heavy atom. The van der Waals surface area contributed by atoms with Gasteiger partial charge >= 0.3 is 0 Å². The monoisotopic (exact) mass is 339 g/mol. The largest absolute Gasteiger partial charge is 0.494 e. The van der Waals surface area contributed by atoms with Crippen molar-refractivity contribution >= 4 is 27.5 Å². The molecule has 2 N–H and O–H groups in total. The van der Waals surface area contributed by atoms with Crippen LogP contribution >= 0.6 is 27.5 Å². The van der Waals surface area contributed by atoms with Crippen molar-refractivity contribution in [2.75, 3.05) is 6.61 Å². The van der Waals surface area contributed by atoms with Crippen molar-refractivity contribution in [3.8, 4) is 5.75 Å².